The zero-order valence-corrected chi connectivity index (χ0v) is 66.0. The van der Waals surface area contributed by atoms with Gasteiger partial charge in [-0.2, -0.15) is 0 Å². The predicted octanol–water partition coefficient (Wildman–Crippen LogP) is 0.155. The smallest absolute Gasteiger partial charge is 0.408 e. The molecule has 0 radical (unpaired) electrons. The number of aldehydes is 1. The quantitative estimate of drug-likeness (QED) is 0.0460. The number of hydrogen-bond donors (Lipinski definition) is 6. The molecule has 0 atom stereocenters. The Labute approximate surface area is 622 Å². The van der Waals surface area contributed by atoms with E-state index in [1.165, 1.54) is 20.3 Å². The molecular weight excluding hydrogens is 1400 g/mol. The van der Waals surface area contributed by atoms with Gasteiger partial charge in [0.25, 0.3) is 0 Å². The molecular formula is C70H126Cl2N6O25. The van der Waals surface area contributed by atoms with Crippen molar-refractivity contribution >= 4 is 60.5 Å². The lowest BCUT2D eigenvalue weighted by Crippen LogP contribution is -3.00. The number of amides is 4. The Morgan fingerprint density at radius 1 is 0.408 bits per heavy atom. The number of ether oxygens (including phenoxy) is 15. The van der Waals surface area contributed by atoms with Gasteiger partial charge in [-0.1, -0.05) is 6.08 Å². The number of hydrogen-bond acceptors (Lipinski definition) is 25. The molecule has 6 fully saturated rings. The van der Waals surface area contributed by atoms with E-state index in [0.29, 0.717) is 163 Å². The molecule has 10 N–H and O–H groups in total. The second-order valence-corrected chi connectivity index (χ2v) is 29.4. The zero-order valence-electron chi connectivity index (χ0n) is 64.5. The highest BCUT2D eigenvalue weighted by Crippen LogP contribution is 2.29. The number of carbonyl (C=O) groups is 10. The number of nitrogens with one attached hydrogen (secondary N) is 4. The Kier molecular flexibility index (Phi) is 46.5. The fourth-order valence-electron chi connectivity index (χ4n) is 10.4. The molecule has 0 spiro atoms. The molecule has 6 saturated heterocycles. The molecule has 0 aromatic heterocycles. The number of carbonyl (C=O) groups excluding carboxylic acids is 10. The first-order valence-electron chi connectivity index (χ1n) is 35.1. The average molecular weight is 1520 g/mol. The van der Waals surface area contributed by atoms with Crippen LogP contribution in [0.3, 0.4) is 0 Å². The van der Waals surface area contributed by atoms with Crippen LogP contribution in [0.1, 0.15) is 207 Å². The molecule has 600 valence electrons. The van der Waals surface area contributed by atoms with E-state index in [-0.39, 0.29) is 54.7 Å². The highest BCUT2D eigenvalue weighted by atomic mass is 35.5. The van der Waals surface area contributed by atoms with Crippen LogP contribution in [0.4, 0.5) is 19.2 Å². The lowest BCUT2D eigenvalue weighted by Gasteiger charge is -2.38. The zero-order chi connectivity index (χ0) is 76.7. The van der Waals surface area contributed by atoms with Gasteiger partial charge in [0.1, 0.15) is 39.8 Å². The van der Waals surface area contributed by atoms with Gasteiger partial charge in [-0.3, -0.25) is 9.59 Å². The first-order chi connectivity index (χ1) is 47.0. The summed E-state index contributed by atoms with van der Waals surface area (Å²) < 4.78 is 76.4. The summed E-state index contributed by atoms with van der Waals surface area (Å²) in [7, 11) is 2.70. The highest BCUT2D eigenvalue weighted by molar-refractivity contribution is 5.86. The third kappa shape index (κ3) is 43.4. The highest BCUT2D eigenvalue weighted by Gasteiger charge is 2.45. The molecule has 0 bridgehead atoms. The molecule has 4 amide bonds. The van der Waals surface area contributed by atoms with Crippen molar-refractivity contribution in [3.8, 4) is 0 Å². The van der Waals surface area contributed by atoms with Gasteiger partial charge < -0.3 is 133 Å². The Morgan fingerprint density at radius 3 is 1.10 bits per heavy atom. The summed E-state index contributed by atoms with van der Waals surface area (Å²) >= 11 is 0. The minimum absolute atomic E-state index is 0. The maximum atomic E-state index is 12.0. The molecule has 103 heavy (non-hydrogen) atoms. The van der Waals surface area contributed by atoms with Gasteiger partial charge in [0.2, 0.25) is 0 Å². The van der Waals surface area contributed by atoms with Crippen LogP contribution in [-0.2, 0) is 99.8 Å². The minimum atomic E-state index is -1.03. The van der Waals surface area contributed by atoms with Gasteiger partial charge in [-0.15, -0.1) is 0 Å². The number of quaternary nitrogens is 2. The van der Waals surface area contributed by atoms with Crippen LogP contribution in [0.25, 0.3) is 0 Å². The van der Waals surface area contributed by atoms with Crippen LogP contribution in [0.5, 0.6) is 0 Å². The van der Waals surface area contributed by atoms with E-state index in [2.05, 4.69) is 37.5 Å². The second kappa shape index (κ2) is 48.3. The van der Waals surface area contributed by atoms with Crippen molar-refractivity contribution in [2.24, 2.45) is 0 Å². The van der Waals surface area contributed by atoms with Crippen molar-refractivity contribution < 1.29 is 155 Å². The molecule has 0 unspecified atom stereocenters. The number of rotatable bonds is 18. The Bertz CT molecular complexity index is 2550. The van der Waals surface area contributed by atoms with Crippen LogP contribution < -0.4 is 57.5 Å². The van der Waals surface area contributed by atoms with Crippen LogP contribution >= 0.6 is 0 Å². The van der Waals surface area contributed by atoms with E-state index in [9.17, 15) is 47.9 Å². The second-order valence-electron chi connectivity index (χ2n) is 29.4. The topological polar surface area (TPSA) is 413 Å². The molecule has 6 aliphatic heterocycles. The van der Waals surface area contributed by atoms with E-state index >= 15 is 0 Å². The Hall–Kier alpha value is -5.90. The van der Waals surface area contributed by atoms with Crippen LogP contribution in [0, 0.1) is 0 Å². The largest absolute Gasteiger partial charge is 1.00 e. The average Bonchev–Trinajstić information content (AvgIpc) is 0.833. The molecule has 6 aliphatic rings. The molecule has 6 rings (SSSR count). The summed E-state index contributed by atoms with van der Waals surface area (Å²) in [5.41, 5.74) is 2.30. The monoisotopic (exact) mass is 1520 g/mol. The standard InChI is InChI=1S/C15H27NO5.C15H25NO5.C12H21NO5.C11H19NO4.C10H19NO3.C7H13NO3.2ClH/c2*1-5-20-12(17)6-7-15(8-10-19-11-9-15)16-13(18)21-14(2,3)4;1-11(2,3)18-10(15)13-12(9(14)16-4)5-7-17-8-6-12;1-10(2,3)16-9(14)12-11(8-13)4-6-15-7-5-11;1-2-14-9(12)3-4-10(11)5-7-13-8-6-10;1-10-6(9)7(8)2-4-11-5-3-7;;/h5-11H2,1-4H3,(H,16,18);6-7H,5,8-11H2,1-4H3,(H,16,18);5-8H2,1-4H3,(H,13,15);8H,4-7H2,1-3H3,(H,12,14);2-8,11H2,1H3;2-5,8H2,1H3;2*1H. The number of methoxy groups -OCH3 is 2. The first-order valence-corrected chi connectivity index (χ1v) is 35.1. The number of esters is 5. The minimum Gasteiger partial charge on any atom is -1.00 e. The van der Waals surface area contributed by atoms with Crippen molar-refractivity contribution in [3.05, 3.63) is 12.2 Å². The van der Waals surface area contributed by atoms with Crippen LogP contribution in [-0.4, -0.2) is 229 Å². The van der Waals surface area contributed by atoms with Gasteiger partial charge in [-0.25, -0.2) is 33.6 Å². The third-order valence-electron chi connectivity index (χ3n) is 16.1. The van der Waals surface area contributed by atoms with Gasteiger partial charge in [-0.05, 0) is 136 Å². The normalized spacial score (nSPS) is 19.0. The summed E-state index contributed by atoms with van der Waals surface area (Å²) in [5, 5.41) is 11.0. The van der Waals surface area contributed by atoms with Gasteiger partial charge in [0, 0.05) is 129 Å². The number of alkyl carbamates (subject to hydrolysis) is 4. The van der Waals surface area contributed by atoms with Crippen LogP contribution in [0.15, 0.2) is 12.2 Å². The number of halogens is 2. The lowest BCUT2D eigenvalue weighted by molar-refractivity contribution is -0.490. The molecule has 0 aliphatic carbocycles. The fraction of sp³-hybridized carbons (Fsp3) is 0.829. The molecule has 0 aromatic carbocycles. The summed E-state index contributed by atoms with van der Waals surface area (Å²) in [6.07, 6.45) is 11.3. The van der Waals surface area contributed by atoms with Crippen molar-refractivity contribution in [2.45, 2.75) is 262 Å². The van der Waals surface area contributed by atoms with Gasteiger partial charge in [0.05, 0.1) is 78.0 Å². The summed E-state index contributed by atoms with van der Waals surface area (Å²) in [4.78, 5) is 116. The molecule has 33 heteroatoms. The molecule has 31 nitrogen and oxygen atoms in total. The molecule has 0 aromatic rings. The van der Waals surface area contributed by atoms with Crippen molar-refractivity contribution in [1.82, 2.24) is 21.3 Å². The maximum Gasteiger partial charge on any atom is 0.408 e. The van der Waals surface area contributed by atoms with Gasteiger partial charge >= 0.3 is 54.2 Å². The maximum absolute atomic E-state index is 12.0. The van der Waals surface area contributed by atoms with E-state index in [1.54, 1.807) is 82.2 Å². The van der Waals surface area contributed by atoms with Crippen molar-refractivity contribution in [3.63, 3.8) is 0 Å². The van der Waals surface area contributed by atoms with E-state index < -0.39 is 86.4 Å². The van der Waals surface area contributed by atoms with E-state index in [0.717, 1.165) is 38.8 Å². The van der Waals surface area contributed by atoms with Crippen LogP contribution in [0.2, 0.25) is 0 Å². The van der Waals surface area contributed by atoms with E-state index in [1.807, 2.05) is 27.7 Å². The lowest BCUT2D eigenvalue weighted by atomic mass is 9.85. The van der Waals surface area contributed by atoms with Crippen molar-refractivity contribution in [2.75, 3.05) is 113 Å². The summed E-state index contributed by atoms with van der Waals surface area (Å²) in [5.74, 6) is -1.46. The Balaban J connectivity index is 0. The Morgan fingerprint density at radius 2 is 0.728 bits per heavy atom. The SMILES string of the molecule is CC(C)(C)OC(=O)NC1(C=O)CCOCC1.CCOC(=O)C=CC1(NC(=O)OC(C)(C)C)CCOCC1.CCOC(=O)CCC1(NC(=O)OC(C)(C)C)CCOCC1.CCOC(=O)CCC1([NH3+])CCOCC1.COC(=O)C1(NC(=O)OC(C)(C)C)CCOCC1.COC(=O)C1([NH3+])CCOCC1.[Cl-].[Cl-]. The van der Waals surface area contributed by atoms with Gasteiger partial charge in [0.15, 0.2) is 5.54 Å². The van der Waals surface area contributed by atoms with E-state index in [4.69, 9.17) is 66.3 Å². The summed E-state index contributed by atoms with van der Waals surface area (Å²) in [6.45, 7) is 34.7. The third-order valence-corrected chi connectivity index (χ3v) is 16.1. The summed E-state index contributed by atoms with van der Waals surface area (Å²) in [6, 6.07) is 0. The molecule has 6 heterocycles. The van der Waals surface area contributed by atoms with Crippen molar-refractivity contribution in [1.29, 1.82) is 0 Å². The predicted molar refractivity (Wildman–Crippen MR) is 368 cm³/mol. The fourth-order valence-corrected chi connectivity index (χ4v) is 10.4. The molecule has 0 saturated carbocycles. The first kappa shape index (κ1) is 99.2.